The zero-order chi connectivity index (χ0) is 14.5. The number of hydrogen-bond donors (Lipinski definition) is 1. The molecule has 0 spiro atoms. The van der Waals surface area contributed by atoms with Crippen molar-refractivity contribution < 1.29 is 4.52 Å². The fourth-order valence-corrected chi connectivity index (χ4v) is 3.52. The average molecular weight is 303 g/mol. The second-order valence-electron chi connectivity index (χ2n) is 5.68. The molecule has 4 nitrogen and oxygen atoms in total. The monoisotopic (exact) mass is 303 g/mol. The first-order valence-corrected chi connectivity index (χ1v) is 8.55. The minimum atomic E-state index is -0.393. The Bertz CT molecular complexity index is 562. The van der Waals surface area contributed by atoms with Crippen molar-refractivity contribution in [1.29, 1.82) is 0 Å². The fourth-order valence-electron chi connectivity index (χ4n) is 2.76. The van der Waals surface area contributed by atoms with E-state index in [4.69, 9.17) is 10.3 Å². The highest BCUT2D eigenvalue weighted by molar-refractivity contribution is 7.98. The molecular weight excluding hydrogens is 282 g/mol. The minimum absolute atomic E-state index is 0.393. The predicted molar refractivity (Wildman–Crippen MR) is 83.9 cm³/mol. The van der Waals surface area contributed by atoms with Gasteiger partial charge in [0, 0.05) is 4.90 Å². The Morgan fingerprint density at radius 2 is 1.81 bits per heavy atom. The first-order valence-electron chi connectivity index (χ1n) is 7.56. The van der Waals surface area contributed by atoms with Crippen molar-refractivity contribution in [3.63, 3.8) is 0 Å². The van der Waals surface area contributed by atoms with E-state index in [9.17, 15) is 0 Å². The number of aromatic nitrogens is 2. The predicted octanol–water partition coefficient (Wildman–Crippen LogP) is 3.87. The molecule has 2 N–H and O–H groups in total. The maximum Gasteiger partial charge on any atom is 0.237 e. The zero-order valence-electron chi connectivity index (χ0n) is 12.1. The molecule has 2 aromatic rings. The van der Waals surface area contributed by atoms with Gasteiger partial charge in [-0.1, -0.05) is 49.0 Å². The molecule has 1 saturated carbocycles. The van der Waals surface area contributed by atoms with E-state index in [-0.39, 0.29) is 0 Å². The van der Waals surface area contributed by atoms with Gasteiger partial charge in [-0.15, -0.1) is 11.8 Å². The second kappa shape index (κ2) is 6.62. The molecule has 1 aromatic carbocycles. The molecule has 1 fully saturated rings. The zero-order valence-corrected chi connectivity index (χ0v) is 12.9. The molecule has 0 saturated heterocycles. The molecule has 1 aliphatic rings. The van der Waals surface area contributed by atoms with Crippen LogP contribution >= 0.6 is 11.8 Å². The van der Waals surface area contributed by atoms with E-state index in [1.807, 2.05) is 18.2 Å². The summed E-state index contributed by atoms with van der Waals surface area (Å²) in [6.45, 7) is 0. The van der Waals surface area contributed by atoms with E-state index < -0.39 is 5.54 Å². The van der Waals surface area contributed by atoms with Crippen molar-refractivity contribution in [2.75, 3.05) is 0 Å². The van der Waals surface area contributed by atoms with Crippen molar-refractivity contribution in [3.05, 3.63) is 42.0 Å². The highest BCUT2D eigenvalue weighted by atomic mass is 32.2. The molecule has 5 heteroatoms. The second-order valence-corrected chi connectivity index (χ2v) is 6.73. The van der Waals surface area contributed by atoms with E-state index in [1.54, 1.807) is 11.8 Å². The molecule has 1 aromatic heterocycles. The standard InChI is InChI=1S/C16H21N3OS/c17-16(10-6-1-2-7-11-16)15-18-14(20-19-15)12-21-13-8-4-3-5-9-13/h3-5,8-9H,1-2,6-7,10-12,17H2. The van der Waals surface area contributed by atoms with Crippen molar-refractivity contribution in [3.8, 4) is 0 Å². The van der Waals surface area contributed by atoms with Crippen LogP contribution in [0.15, 0.2) is 39.8 Å². The molecule has 0 atom stereocenters. The lowest BCUT2D eigenvalue weighted by atomic mass is 9.91. The van der Waals surface area contributed by atoms with E-state index in [0.29, 0.717) is 17.5 Å². The van der Waals surface area contributed by atoms with Gasteiger partial charge in [0.1, 0.15) is 0 Å². The SMILES string of the molecule is NC1(c2noc(CSc3ccccc3)n2)CCCCCC1. The van der Waals surface area contributed by atoms with Crippen molar-refractivity contribution in [2.45, 2.75) is 54.7 Å². The highest BCUT2D eigenvalue weighted by Crippen LogP contribution is 2.32. The van der Waals surface area contributed by atoms with Gasteiger partial charge in [-0.25, -0.2) is 0 Å². The normalized spacial score (nSPS) is 18.3. The molecule has 0 amide bonds. The molecule has 112 valence electrons. The van der Waals surface area contributed by atoms with E-state index >= 15 is 0 Å². The molecule has 0 bridgehead atoms. The van der Waals surface area contributed by atoms with E-state index in [2.05, 4.69) is 22.3 Å². The van der Waals surface area contributed by atoms with E-state index in [0.717, 1.165) is 25.7 Å². The summed E-state index contributed by atoms with van der Waals surface area (Å²) < 4.78 is 5.38. The van der Waals surface area contributed by atoms with Crippen LogP contribution in [0.1, 0.15) is 50.2 Å². The van der Waals surface area contributed by atoms with Crippen molar-refractivity contribution in [1.82, 2.24) is 10.1 Å². The quantitative estimate of drug-likeness (QED) is 0.686. The molecular formula is C16H21N3OS. The van der Waals surface area contributed by atoms with Crippen molar-refractivity contribution in [2.24, 2.45) is 5.73 Å². The summed E-state index contributed by atoms with van der Waals surface area (Å²) >= 11 is 1.70. The van der Waals surface area contributed by atoms with Gasteiger partial charge in [-0.05, 0) is 25.0 Å². The van der Waals surface area contributed by atoms with E-state index in [1.165, 1.54) is 17.7 Å². The Kier molecular flexibility index (Phi) is 4.60. The lowest BCUT2D eigenvalue weighted by Crippen LogP contribution is -2.37. The molecule has 0 aliphatic heterocycles. The number of thioether (sulfide) groups is 1. The number of hydrogen-bond acceptors (Lipinski definition) is 5. The highest BCUT2D eigenvalue weighted by Gasteiger charge is 2.33. The Labute approximate surface area is 129 Å². The number of rotatable bonds is 4. The van der Waals surface area contributed by atoms with Gasteiger partial charge in [0.25, 0.3) is 0 Å². The largest absolute Gasteiger partial charge is 0.338 e. The van der Waals surface area contributed by atoms with Crippen LogP contribution in [0.3, 0.4) is 0 Å². The van der Waals surface area contributed by atoms with Crippen LogP contribution in [-0.4, -0.2) is 10.1 Å². The van der Waals surface area contributed by atoms with Crippen LogP contribution in [0.4, 0.5) is 0 Å². The lowest BCUT2D eigenvalue weighted by Gasteiger charge is -2.23. The van der Waals surface area contributed by atoms with Crippen LogP contribution in [0.5, 0.6) is 0 Å². The maximum absolute atomic E-state index is 6.51. The van der Waals surface area contributed by atoms with Gasteiger partial charge in [-0.3, -0.25) is 0 Å². The molecule has 1 aliphatic carbocycles. The van der Waals surface area contributed by atoms with Crippen LogP contribution in [0, 0.1) is 0 Å². The third-order valence-corrected chi connectivity index (χ3v) is 5.01. The molecule has 0 radical (unpaired) electrons. The minimum Gasteiger partial charge on any atom is -0.338 e. The fraction of sp³-hybridized carbons (Fsp3) is 0.500. The molecule has 3 rings (SSSR count). The summed E-state index contributed by atoms with van der Waals surface area (Å²) in [5.41, 5.74) is 6.12. The molecule has 1 heterocycles. The Morgan fingerprint density at radius 1 is 1.10 bits per heavy atom. The van der Waals surface area contributed by atoms with Crippen LogP contribution in [0.2, 0.25) is 0 Å². The Hall–Kier alpha value is -1.33. The average Bonchev–Trinajstić information content (AvgIpc) is 2.89. The summed E-state index contributed by atoms with van der Waals surface area (Å²) in [6.07, 6.45) is 6.73. The number of nitrogens with two attached hydrogens (primary N) is 1. The lowest BCUT2D eigenvalue weighted by molar-refractivity contribution is 0.327. The summed E-state index contributed by atoms with van der Waals surface area (Å²) in [5.74, 6) is 2.04. The first kappa shape index (κ1) is 14.6. The number of benzene rings is 1. The van der Waals surface area contributed by atoms with Gasteiger partial charge in [-0.2, -0.15) is 4.98 Å². The van der Waals surface area contributed by atoms with Gasteiger partial charge < -0.3 is 10.3 Å². The number of nitrogens with zero attached hydrogens (tertiary/aromatic N) is 2. The smallest absolute Gasteiger partial charge is 0.237 e. The summed E-state index contributed by atoms with van der Waals surface area (Å²) in [7, 11) is 0. The summed E-state index contributed by atoms with van der Waals surface area (Å²) in [4.78, 5) is 5.74. The molecule has 21 heavy (non-hydrogen) atoms. The van der Waals surface area contributed by atoms with Crippen LogP contribution in [-0.2, 0) is 11.3 Å². The van der Waals surface area contributed by atoms with Crippen molar-refractivity contribution >= 4 is 11.8 Å². The Balaban J connectivity index is 1.65. The Morgan fingerprint density at radius 3 is 2.52 bits per heavy atom. The summed E-state index contributed by atoms with van der Waals surface area (Å²) in [6, 6.07) is 10.2. The van der Waals surface area contributed by atoms with Gasteiger partial charge in [0.05, 0.1) is 11.3 Å². The first-order chi connectivity index (χ1) is 10.3. The third kappa shape index (κ3) is 3.66. The van der Waals surface area contributed by atoms with Crippen LogP contribution in [0.25, 0.3) is 0 Å². The topological polar surface area (TPSA) is 64.9 Å². The van der Waals surface area contributed by atoms with Crippen LogP contribution < -0.4 is 5.73 Å². The third-order valence-electron chi connectivity index (χ3n) is 4.01. The van der Waals surface area contributed by atoms with Gasteiger partial charge in [0.15, 0.2) is 5.82 Å². The maximum atomic E-state index is 6.51. The van der Waals surface area contributed by atoms with Gasteiger partial charge in [0.2, 0.25) is 5.89 Å². The summed E-state index contributed by atoms with van der Waals surface area (Å²) in [5, 5.41) is 4.14. The molecule has 0 unspecified atom stereocenters. The van der Waals surface area contributed by atoms with Gasteiger partial charge >= 0.3 is 0 Å².